The van der Waals surface area contributed by atoms with Gasteiger partial charge in [0.25, 0.3) is 0 Å². The van der Waals surface area contributed by atoms with Crippen LogP contribution in [0.3, 0.4) is 0 Å². The van der Waals surface area contributed by atoms with E-state index in [0.29, 0.717) is 0 Å². The van der Waals surface area contributed by atoms with Crippen molar-refractivity contribution in [3.63, 3.8) is 0 Å². The monoisotopic (exact) mass is 331 g/mol. The van der Waals surface area contributed by atoms with Crippen LogP contribution in [-0.4, -0.2) is 29.9 Å². The molecule has 2 unspecified atom stereocenters. The summed E-state index contributed by atoms with van der Waals surface area (Å²) in [6, 6.07) is 0.877. The molecule has 1 saturated carbocycles. The second-order valence-electron chi connectivity index (χ2n) is 6.57. The van der Waals surface area contributed by atoms with E-state index >= 15 is 0 Å². The van der Waals surface area contributed by atoms with Gasteiger partial charge in [0.1, 0.15) is 0 Å². The lowest BCUT2D eigenvalue weighted by Crippen LogP contribution is -2.36. The molecule has 0 aromatic heterocycles. The maximum Gasteiger partial charge on any atom is 0.00947 e. The van der Waals surface area contributed by atoms with Gasteiger partial charge in [0.15, 0.2) is 0 Å². The van der Waals surface area contributed by atoms with Gasteiger partial charge >= 0.3 is 0 Å². The summed E-state index contributed by atoms with van der Waals surface area (Å²) in [6.07, 6.45) is 15.7. The van der Waals surface area contributed by atoms with Crippen LogP contribution in [0.1, 0.15) is 77.6 Å². The highest BCUT2D eigenvalue weighted by Gasteiger charge is 2.21. The average molecular weight is 332 g/mol. The second-order valence-corrected chi connectivity index (χ2v) is 7.36. The minimum atomic E-state index is 0.877. The molecule has 1 rings (SSSR count). The van der Waals surface area contributed by atoms with Gasteiger partial charge < -0.3 is 4.90 Å². The van der Waals surface area contributed by atoms with Crippen LogP contribution in [0.4, 0.5) is 0 Å². The first-order valence-electron chi connectivity index (χ1n) is 8.50. The zero-order valence-electron chi connectivity index (χ0n) is 13.2. The van der Waals surface area contributed by atoms with Gasteiger partial charge in [-0.2, -0.15) is 0 Å². The van der Waals surface area contributed by atoms with E-state index in [1.807, 2.05) is 0 Å². The summed E-state index contributed by atoms with van der Waals surface area (Å²) in [4.78, 5) is 2.64. The molecule has 0 saturated heterocycles. The molecule has 1 fully saturated rings. The Labute approximate surface area is 129 Å². The Bertz CT molecular complexity index is 207. The summed E-state index contributed by atoms with van der Waals surface area (Å²) >= 11 is 3.50. The van der Waals surface area contributed by atoms with Crippen molar-refractivity contribution in [2.75, 3.05) is 18.9 Å². The van der Waals surface area contributed by atoms with Gasteiger partial charge in [-0.05, 0) is 45.2 Å². The zero-order chi connectivity index (χ0) is 13.9. The lowest BCUT2D eigenvalue weighted by atomic mass is 9.86. The van der Waals surface area contributed by atoms with E-state index in [1.54, 1.807) is 0 Å². The molecule has 0 heterocycles. The molecule has 0 aromatic rings. The fourth-order valence-electron chi connectivity index (χ4n) is 3.32. The summed E-state index contributed by atoms with van der Waals surface area (Å²) in [5.74, 6) is 0.954. The van der Waals surface area contributed by atoms with Gasteiger partial charge in [-0.3, -0.25) is 0 Å². The standard InChI is InChI=1S/C17H34BrN/c1-16-11-10-12-17(15-16)19(2)14-9-7-5-3-4-6-8-13-18/h16-17H,3-15H2,1-2H3. The van der Waals surface area contributed by atoms with Crippen molar-refractivity contribution in [3.8, 4) is 0 Å². The van der Waals surface area contributed by atoms with E-state index in [-0.39, 0.29) is 0 Å². The van der Waals surface area contributed by atoms with Gasteiger partial charge in [-0.25, -0.2) is 0 Å². The van der Waals surface area contributed by atoms with Crippen molar-refractivity contribution in [1.29, 1.82) is 0 Å². The number of alkyl halides is 1. The van der Waals surface area contributed by atoms with Crippen LogP contribution in [0, 0.1) is 5.92 Å². The SMILES string of the molecule is CC1CCCC(N(C)CCCCCCCCCBr)C1. The normalized spacial score (nSPS) is 24.0. The highest BCUT2D eigenvalue weighted by Crippen LogP contribution is 2.26. The number of halogens is 1. The quantitative estimate of drug-likeness (QED) is 0.370. The minimum absolute atomic E-state index is 0.877. The van der Waals surface area contributed by atoms with Crippen LogP contribution >= 0.6 is 15.9 Å². The zero-order valence-corrected chi connectivity index (χ0v) is 14.8. The van der Waals surface area contributed by atoms with E-state index in [4.69, 9.17) is 0 Å². The maximum atomic E-state index is 3.50. The first-order chi connectivity index (χ1) is 9.24. The third-order valence-electron chi connectivity index (χ3n) is 4.68. The number of unbranched alkanes of at least 4 members (excludes halogenated alkanes) is 6. The number of rotatable bonds is 10. The first-order valence-corrected chi connectivity index (χ1v) is 9.62. The highest BCUT2D eigenvalue weighted by atomic mass is 79.9. The Morgan fingerprint density at radius 2 is 1.58 bits per heavy atom. The van der Waals surface area contributed by atoms with E-state index in [9.17, 15) is 0 Å². The average Bonchev–Trinajstić information content (AvgIpc) is 2.41. The van der Waals surface area contributed by atoms with Crippen molar-refractivity contribution in [2.45, 2.75) is 83.6 Å². The van der Waals surface area contributed by atoms with Gasteiger partial charge in [-0.1, -0.05) is 67.8 Å². The summed E-state index contributed by atoms with van der Waals surface area (Å²) < 4.78 is 0. The first kappa shape index (κ1) is 17.5. The van der Waals surface area contributed by atoms with E-state index < -0.39 is 0 Å². The molecule has 2 atom stereocenters. The Kier molecular flexibility index (Phi) is 10.3. The molecule has 0 aromatic carbocycles. The molecule has 19 heavy (non-hydrogen) atoms. The van der Waals surface area contributed by atoms with Gasteiger partial charge in [0.05, 0.1) is 0 Å². The van der Waals surface area contributed by atoms with Crippen molar-refractivity contribution in [1.82, 2.24) is 4.90 Å². The van der Waals surface area contributed by atoms with Crippen molar-refractivity contribution in [3.05, 3.63) is 0 Å². The molecule has 0 amide bonds. The van der Waals surface area contributed by atoms with Crippen molar-refractivity contribution in [2.24, 2.45) is 5.92 Å². The van der Waals surface area contributed by atoms with Crippen LogP contribution in [0.15, 0.2) is 0 Å². The molecule has 1 aliphatic carbocycles. The Hall–Kier alpha value is 0.440. The van der Waals surface area contributed by atoms with Crippen LogP contribution < -0.4 is 0 Å². The van der Waals surface area contributed by atoms with E-state index in [0.717, 1.165) is 12.0 Å². The molecule has 0 bridgehead atoms. The van der Waals surface area contributed by atoms with Gasteiger partial charge in [0.2, 0.25) is 0 Å². The maximum absolute atomic E-state index is 3.50. The molecular weight excluding hydrogens is 298 g/mol. The van der Waals surface area contributed by atoms with Crippen LogP contribution in [0.2, 0.25) is 0 Å². The molecule has 0 aliphatic heterocycles. The topological polar surface area (TPSA) is 3.24 Å². The Balaban J connectivity index is 1.93. The predicted octanol–water partition coefficient (Wildman–Crippen LogP) is 5.62. The fourth-order valence-corrected chi connectivity index (χ4v) is 3.72. The molecule has 0 N–H and O–H groups in total. The molecular formula is C17H34BrN. The second kappa shape index (κ2) is 11.1. The fraction of sp³-hybridized carbons (Fsp3) is 1.00. The third-order valence-corrected chi connectivity index (χ3v) is 5.24. The lowest BCUT2D eigenvalue weighted by molar-refractivity contribution is 0.161. The Morgan fingerprint density at radius 3 is 2.21 bits per heavy atom. The smallest absolute Gasteiger partial charge is 0.00947 e. The lowest BCUT2D eigenvalue weighted by Gasteiger charge is -2.34. The van der Waals surface area contributed by atoms with Gasteiger partial charge in [0, 0.05) is 11.4 Å². The number of hydrogen-bond acceptors (Lipinski definition) is 1. The molecule has 1 aliphatic rings. The van der Waals surface area contributed by atoms with Crippen molar-refractivity contribution < 1.29 is 0 Å². The van der Waals surface area contributed by atoms with Crippen LogP contribution in [0.5, 0.6) is 0 Å². The molecule has 114 valence electrons. The molecule has 0 radical (unpaired) electrons. The summed E-state index contributed by atoms with van der Waals surface area (Å²) in [5.41, 5.74) is 0. The van der Waals surface area contributed by atoms with Crippen molar-refractivity contribution >= 4 is 15.9 Å². The summed E-state index contributed by atoms with van der Waals surface area (Å²) in [5, 5.41) is 1.18. The minimum Gasteiger partial charge on any atom is -0.303 e. The molecule has 1 nitrogen and oxygen atoms in total. The summed E-state index contributed by atoms with van der Waals surface area (Å²) in [7, 11) is 2.35. The number of hydrogen-bond donors (Lipinski definition) is 0. The molecule has 0 spiro atoms. The van der Waals surface area contributed by atoms with E-state index in [2.05, 4.69) is 34.8 Å². The van der Waals surface area contributed by atoms with Crippen LogP contribution in [-0.2, 0) is 0 Å². The number of nitrogens with zero attached hydrogens (tertiary/aromatic N) is 1. The largest absolute Gasteiger partial charge is 0.303 e. The van der Waals surface area contributed by atoms with Crippen LogP contribution in [0.25, 0.3) is 0 Å². The third kappa shape index (κ3) is 8.34. The summed E-state index contributed by atoms with van der Waals surface area (Å²) in [6.45, 7) is 3.74. The van der Waals surface area contributed by atoms with Gasteiger partial charge in [-0.15, -0.1) is 0 Å². The Morgan fingerprint density at radius 1 is 0.947 bits per heavy atom. The highest BCUT2D eigenvalue weighted by molar-refractivity contribution is 9.09. The van der Waals surface area contributed by atoms with E-state index in [1.165, 1.54) is 82.5 Å². The molecule has 2 heteroatoms. The predicted molar refractivity (Wildman–Crippen MR) is 90.2 cm³/mol.